The molecule has 0 bridgehead atoms. The van der Waals surface area contributed by atoms with Crippen LogP contribution in [-0.4, -0.2) is 54.7 Å². The Bertz CT molecular complexity index is 244. The van der Waals surface area contributed by atoms with Crippen LogP contribution in [0.15, 0.2) is 0 Å². The molecule has 2 saturated heterocycles. The minimum Gasteiger partial charge on any atom is -0.395 e. The van der Waals surface area contributed by atoms with Gasteiger partial charge in [-0.25, -0.2) is 0 Å². The second kappa shape index (κ2) is 5.75. The molecule has 0 aromatic rings. The zero-order valence-electron chi connectivity index (χ0n) is 9.73. The summed E-state index contributed by atoms with van der Waals surface area (Å²) in [5, 5.41) is 9.30. The molecule has 1 N–H and O–H groups in total. The number of hydrogen-bond acceptors (Lipinski definition) is 4. The normalized spacial score (nSPS) is 32.9. The number of likely N-dealkylation sites (tertiary alicyclic amines) is 1. The van der Waals surface area contributed by atoms with E-state index in [9.17, 15) is 9.90 Å². The van der Waals surface area contributed by atoms with Crippen molar-refractivity contribution in [2.24, 2.45) is 5.92 Å². The second-order valence-corrected chi connectivity index (χ2v) is 4.82. The third-order valence-electron chi connectivity index (χ3n) is 3.68. The van der Waals surface area contributed by atoms with Crippen molar-refractivity contribution in [2.75, 3.05) is 32.9 Å². The highest BCUT2D eigenvalue weighted by atomic mass is 16.5. The van der Waals surface area contributed by atoms with Crippen LogP contribution in [-0.2, 0) is 9.53 Å². The summed E-state index contributed by atoms with van der Waals surface area (Å²) in [5.41, 5.74) is 0. The highest BCUT2D eigenvalue weighted by Gasteiger charge is 2.29. The van der Waals surface area contributed by atoms with Crippen LogP contribution < -0.4 is 0 Å². The van der Waals surface area contributed by atoms with Gasteiger partial charge in [0.15, 0.2) is 0 Å². The van der Waals surface area contributed by atoms with Gasteiger partial charge < -0.3 is 9.84 Å². The van der Waals surface area contributed by atoms with E-state index in [0.717, 1.165) is 19.5 Å². The molecule has 0 radical (unpaired) electrons. The van der Waals surface area contributed by atoms with Gasteiger partial charge >= 0.3 is 0 Å². The van der Waals surface area contributed by atoms with Crippen LogP contribution in [0.3, 0.4) is 0 Å². The summed E-state index contributed by atoms with van der Waals surface area (Å²) in [6.45, 7) is 3.13. The topological polar surface area (TPSA) is 49.8 Å². The first-order chi connectivity index (χ1) is 7.81. The van der Waals surface area contributed by atoms with Crippen LogP contribution in [0.1, 0.15) is 25.7 Å². The lowest BCUT2D eigenvalue weighted by molar-refractivity contribution is -0.132. The van der Waals surface area contributed by atoms with Gasteiger partial charge in [-0.15, -0.1) is 0 Å². The number of carbonyl (C=O) groups is 1. The Kier molecular flexibility index (Phi) is 4.32. The van der Waals surface area contributed by atoms with Crippen molar-refractivity contribution in [2.45, 2.75) is 31.7 Å². The average Bonchev–Trinajstić information content (AvgIpc) is 2.33. The van der Waals surface area contributed by atoms with E-state index in [-0.39, 0.29) is 18.6 Å². The summed E-state index contributed by atoms with van der Waals surface area (Å²) in [6, 6.07) is 0.253. The zero-order valence-corrected chi connectivity index (χ0v) is 9.73. The molecule has 4 nitrogen and oxygen atoms in total. The van der Waals surface area contributed by atoms with Gasteiger partial charge in [0.05, 0.1) is 25.7 Å². The molecule has 2 heterocycles. The van der Waals surface area contributed by atoms with Crippen molar-refractivity contribution in [3.05, 3.63) is 0 Å². The third-order valence-corrected chi connectivity index (χ3v) is 3.68. The molecule has 92 valence electrons. The number of rotatable bonds is 3. The van der Waals surface area contributed by atoms with Gasteiger partial charge in [0, 0.05) is 19.0 Å². The molecule has 0 aromatic heterocycles. The number of aliphatic hydroxyl groups excluding tert-OH is 1. The van der Waals surface area contributed by atoms with Gasteiger partial charge in [0.1, 0.15) is 5.78 Å². The maximum Gasteiger partial charge on any atom is 0.141 e. The number of Topliss-reactive ketones (excluding diaryl/α,β-unsaturated/α-hetero) is 1. The van der Waals surface area contributed by atoms with Gasteiger partial charge in [-0.3, -0.25) is 9.69 Å². The van der Waals surface area contributed by atoms with Crippen LogP contribution >= 0.6 is 0 Å². The fourth-order valence-electron chi connectivity index (χ4n) is 2.64. The summed E-state index contributed by atoms with van der Waals surface area (Å²) in [7, 11) is 0. The summed E-state index contributed by atoms with van der Waals surface area (Å²) in [5.74, 6) is 0.356. The minimum absolute atomic E-state index is 0.0286. The molecule has 0 aromatic carbocycles. The number of piperidine rings is 1. The molecule has 0 spiro atoms. The van der Waals surface area contributed by atoms with Crippen molar-refractivity contribution in [1.82, 2.24) is 4.90 Å². The maximum atomic E-state index is 11.7. The molecule has 2 aliphatic heterocycles. The smallest absolute Gasteiger partial charge is 0.141 e. The monoisotopic (exact) mass is 227 g/mol. The highest BCUT2D eigenvalue weighted by Crippen LogP contribution is 2.20. The van der Waals surface area contributed by atoms with Gasteiger partial charge in [-0.05, 0) is 19.4 Å². The Morgan fingerprint density at radius 3 is 3.06 bits per heavy atom. The van der Waals surface area contributed by atoms with E-state index in [0.29, 0.717) is 25.4 Å². The predicted octanol–water partition coefficient (Wildman–Crippen LogP) is 0.439. The lowest BCUT2D eigenvalue weighted by Crippen LogP contribution is -2.47. The Labute approximate surface area is 96.6 Å². The Morgan fingerprint density at radius 2 is 2.31 bits per heavy atom. The minimum atomic E-state index is 0.0286. The largest absolute Gasteiger partial charge is 0.395 e. The summed E-state index contributed by atoms with van der Waals surface area (Å²) in [6.07, 6.45) is 3.98. The van der Waals surface area contributed by atoms with E-state index >= 15 is 0 Å². The SMILES string of the molecule is O=C1CCOCC1CN1CCCCC1CO. The lowest BCUT2D eigenvalue weighted by Gasteiger charge is -2.37. The summed E-state index contributed by atoms with van der Waals surface area (Å²) >= 11 is 0. The van der Waals surface area contributed by atoms with E-state index in [4.69, 9.17) is 4.74 Å². The first-order valence-electron chi connectivity index (χ1n) is 6.26. The first kappa shape index (κ1) is 12.0. The Balaban J connectivity index is 1.88. The second-order valence-electron chi connectivity index (χ2n) is 4.82. The first-order valence-corrected chi connectivity index (χ1v) is 6.26. The quantitative estimate of drug-likeness (QED) is 0.760. The molecule has 2 rings (SSSR count). The van der Waals surface area contributed by atoms with Crippen LogP contribution in [0.5, 0.6) is 0 Å². The van der Waals surface area contributed by atoms with Crippen molar-refractivity contribution in [1.29, 1.82) is 0 Å². The molecule has 2 aliphatic rings. The van der Waals surface area contributed by atoms with Crippen molar-refractivity contribution in [3.63, 3.8) is 0 Å². The summed E-state index contributed by atoms with van der Waals surface area (Å²) in [4.78, 5) is 14.0. The van der Waals surface area contributed by atoms with Crippen LogP contribution in [0.4, 0.5) is 0 Å². The summed E-state index contributed by atoms with van der Waals surface area (Å²) < 4.78 is 5.35. The standard InChI is InChI=1S/C12H21NO3/c14-8-11-3-1-2-5-13(11)7-10-9-16-6-4-12(10)15/h10-11,14H,1-9H2. The fourth-order valence-corrected chi connectivity index (χ4v) is 2.64. The molecule has 2 unspecified atom stereocenters. The number of carbonyl (C=O) groups excluding carboxylic acids is 1. The number of aliphatic hydroxyl groups is 1. The van der Waals surface area contributed by atoms with Crippen molar-refractivity contribution >= 4 is 5.78 Å². The van der Waals surface area contributed by atoms with Gasteiger partial charge in [-0.2, -0.15) is 0 Å². The van der Waals surface area contributed by atoms with Crippen LogP contribution in [0.25, 0.3) is 0 Å². The van der Waals surface area contributed by atoms with E-state index in [1.807, 2.05) is 0 Å². The van der Waals surface area contributed by atoms with Gasteiger partial charge in [0.2, 0.25) is 0 Å². The van der Waals surface area contributed by atoms with Crippen LogP contribution in [0.2, 0.25) is 0 Å². The molecule has 2 atom stereocenters. The van der Waals surface area contributed by atoms with E-state index in [1.54, 1.807) is 0 Å². The van der Waals surface area contributed by atoms with Crippen molar-refractivity contribution < 1.29 is 14.6 Å². The maximum absolute atomic E-state index is 11.7. The van der Waals surface area contributed by atoms with Gasteiger partial charge in [0.25, 0.3) is 0 Å². The van der Waals surface area contributed by atoms with E-state index < -0.39 is 0 Å². The van der Waals surface area contributed by atoms with Gasteiger partial charge in [-0.1, -0.05) is 6.42 Å². The third kappa shape index (κ3) is 2.81. The van der Waals surface area contributed by atoms with Crippen LogP contribution in [0, 0.1) is 5.92 Å². The molecule has 0 amide bonds. The van der Waals surface area contributed by atoms with E-state index in [1.165, 1.54) is 12.8 Å². The van der Waals surface area contributed by atoms with Crippen molar-refractivity contribution in [3.8, 4) is 0 Å². The lowest BCUT2D eigenvalue weighted by atomic mass is 9.96. The molecule has 0 aliphatic carbocycles. The van der Waals surface area contributed by atoms with E-state index in [2.05, 4.69) is 4.90 Å². The number of ether oxygens (including phenoxy) is 1. The molecular formula is C12H21NO3. The Hall–Kier alpha value is -0.450. The molecular weight excluding hydrogens is 206 g/mol. The Morgan fingerprint density at radius 1 is 1.44 bits per heavy atom. The number of hydrogen-bond donors (Lipinski definition) is 1. The molecule has 2 fully saturated rings. The fraction of sp³-hybridized carbons (Fsp3) is 0.917. The molecule has 0 saturated carbocycles. The number of ketones is 1. The average molecular weight is 227 g/mol. The zero-order chi connectivity index (χ0) is 11.4. The molecule has 16 heavy (non-hydrogen) atoms. The molecule has 4 heteroatoms. The highest BCUT2D eigenvalue weighted by molar-refractivity contribution is 5.82. The number of nitrogens with zero attached hydrogens (tertiary/aromatic N) is 1. The predicted molar refractivity (Wildman–Crippen MR) is 60.2 cm³/mol.